The molecule has 4 aromatic rings. The molecule has 6 nitrogen and oxygen atoms in total. The minimum absolute atomic E-state index is 0.261. The number of hydrogen-bond acceptors (Lipinski definition) is 5. The number of aryl methyl sites for hydroxylation is 1. The van der Waals surface area contributed by atoms with Gasteiger partial charge in [-0.3, -0.25) is 9.89 Å². The molecule has 0 aliphatic heterocycles. The van der Waals surface area contributed by atoms with Crippen LogP contribution < -0.4 is 10.3 Å². The zero-order valence-electron chi connectivity index (χ0n) is 15.1. The molecule has 0 aliphatic carbocycles. The van der Waals surface area contributed by atoms with Crippen LogP contribution in [0.5, 0.6) is 5.75 Å². The minimum Gasteiger partial charge on any atom is -0.493 e. The third-order valence-electron chi connectivity index (χ3n) is 4.00. The van der Waals surface area contributed by atoms with E-state index in [9.17, 15) is 9.18 Å². The lowest BCUT2D eigenvalue weighted by molar-refractivity contribution is 0.343. The Balaban J connectivity index is 1.55. The molecule has 8 heteroatoms. The molecule has 0 fully saturated rings. The van der Waals surface area contributed by atoms with Crippen LogP contribution >= 0.6 is 11.8 Å². The Morgan fingerprint density at radius 2 is 1.96 bits per heavy atom. The van der Waals surface area contributed by atoms with Crippen molar-refractivity contribution < 1.29 is 9.13 Å². The first-order chi connectivity index (χ1) is 13.6. The molecule has 142 valence electrons. The topological polar surface area (TPSA) is 72.3 Å². The van der Waals surface area contributed by atoms with E-state index >= 15 is 0 Å². The van der Waals surface area contributed by atoms with Gasteiger partial charge in [0, 0.05) is 17.4 Å². The van der Waals surface area contributed by atoms with Gasteiger partial charge in [0.2, 0.25) is 0 Å². The average Bonchev–Trinajstić information content (AvgIpc) is 3.06. The zero-order valence-corrected chi connectivity index (χ0v) is 15.9. The van der Waals surface area contributed by atoms with Crippen molar-refractivity contribution in [1.82, 2.24) is 19.6 Å². The fraction of sp³-hybridized carbons (Fsp3) is 0.150. The van der Waals surface area contributed by atoms with Crippen LogP contribution in [0.4, 0.5) is 4.39 Å². The van der Waals surface area contributed by atoms with E-state index in [1.165, 1.54) is 30.0 Å². The number of fused-ring (bicyclic) bond motifs is 1. The maximum Gasteiger partial charge on any atom is 0.266 e. The average molecular weight is 396 g/mol. The van der Waals surface area contributed by atoms with Crippen molar-refractivity contribution in [3.05, 3.63) is 76.3 Å². The molecule has 2 aromatic heterocycles. The van der Waals surface area contributed by atoms with Gasteiger partial charge in [-0.15, -0.1) is 0 Å². The standard InChI is InChI=1S/C20H17FN4O2S/c1-13-3-2-4-16(11-13)27-9-10-28-20-23-19(14-5-7-15(21)8-6-14)22-17-12-18(26)24-25(17)20/h2-8,11-12H,9-10H2,1H3,(H,24,26). The molecule has 1 N–H and O–H groups in total. The highest BCUT2D eigenvalue weighted by atomic mass is 32.2. The summed E-state index contributed by atoms with van der Waals surface area (Å²) in [7, 11) is 0. The summed E-state index contributed by atoms with van der Waals surface area (Å²) in [5.41, 5.74) is 2.01. The summed E-state index contributed by atoms with van der Waals surface area (Å²) in [6.07, 6.45) is 0. The summed E-state index contributed by atoms with van der Waals surface area (Å²) < 4.78 is 20.5. The van der Waals surface area contributed by atoms with Crippen LogP contribution in [0.3, 0.4) is 0 Å². The lowest BCUT2D eigenvalue weighted by atomic mass is 10.2. The fourth-order valence-corrected chi connectivity index (χ4v) is 3.47. The minimum atomic E-state index is -0.328. The monoisotopic (exact) mass is 396 g/mol. The maximum absolute atomic E-state index is 13.2. The van der Waals surface area contributed by atoms with Crippen LogP contribution in [0.15, 0.2) is 64.5 Å². The van der Waals surface area contributed by atoms with E-state index in [0.29, 0.717) is 34.6 Å². The van der Waals surface area contributed by atoms with Crippen LogP contribution in [0.2, 0.25) is 0 Å². The number of rotatable bonds is 6. The Hall–Kier alpha value is -3.13. The number of halogens is 1. The van der Waals surface area contributed by atoms with Gasteiger partial charge < -0.3 is 4.74 Å². The van der Waals surface area contributed by atoms with E-state index < -0.39 is 0 Å². The second-order valence-corrected chi connectivity index (χ2v) is 7.23. The molecule has 0 atom stereocenters. The number of benzene rings is 2. The second-order valence-electron chi connectivity index (χ2n) is 6.16. The molecule has 0 aliphatic rings. The van der Waals surface area contributed by atoms with Crippen molar-refractivity contribution in [1.29, 1.82) is 0 Å². The van der Waals surface area contributed by atoms with Gasteiger partial charge >= 0.3 is 0 Å². The number of hydrogen-bond donors (Lipinski definition) is 1. The van der Waals surface area contributed by atoms with Crippen LogP contribution in [0.1, 0.15) is 5.56 Å². The molecule has 0 spiro atoms. The number of nitrogens with zero attached hydrogens (tertiary/aromatic N) is 3. The van der Waals surface area contributed by atoms with Gasteiger partial charge in [0.1, 0.15) is 11.6 Å². The summed E-state index contributed by atoms with van der Waals surface area (Å²) in [4.78, 5) is 20.7. The quantitative estimate of drug-likeness (QED) is 0.397. The van der Waals surface area contributed by atoms with Gasteiger partial charge in [0.15, 0.2) is 16.6 Å². The van der Waals surface area contributed by atoms with E-state index in [1.807, 2.05) is 31.2 Å². The highest BCUT2D eigenvalue weighted by Gasteiger charge is 2.11. The molecule has 0 radical (unpaired) electrons. The first-order valence-electron chi connectivity index (χ1n) is 8.66. The molecule has 28 heavy (non-hydrogen) atoms. The van der Waals surface area contributed by atoms with Gasteiger partial charge in [0.05, 0.1) is 6.61 Å². The van der Waals surface area contributed by atoms with Crippen molar-refractivity contribution in [3.8, 4) is 17.1 Å². The lowest BCUT2D eigenvalue weighted by Crippen LogP contribution is -2.06. The summed E-state index contributed by atoms with van der Waals surface area (Å²) in [5.74, 6) is 1.55. The van der Waals surface area contributed by atoms with Crippen LogP contribution in [0, 0.1) is 12.7 Å². The lowest BCUT2D eigenvalue weighted by Gasteiger charge is -2.09. The predicted octanol–water partition coefficient (Wildman–Crippen LogP) is 3.70. The van der Waals surface area contributed by atoms with Crippen molar-refractivity contribution in [3.63, 3.8) is 0 Å². The van der Waals surface area contributed by atoms with Crippen molar-refractivity contribution in [2.24, 2.45) is 0 Å². The second kappa shape index (κ2) is 7.85. The SMILES string of the molecule is Cc1cccc(OCCSc2nc(-c3ccc(F)cc3)nc3cc(=O)[nH]n23)c1. The number of aromatic amines is 1. The van der Waals surface area contributed by atoms with Crippen LogP contribution in [-0.2, 0) is 0 Å². The van der Waals surface area contributed by atoms with Gasteiger partial charge in [-0.25, -0.2) is 18.9 Å². The van der Waals surface area contributed by atoms with E-state index in [4.69, 9.17) is 4.74 Å². The summed E-state index contributed by atoms with van der Waals surface area (Å²) >= 11 is 1.44. The molecule has 2 aromatic carbocycles. The molecule has 0 unspecified atom stereocenters. The van der Waals surface area contributed by atoms with Crippen molar-refractivity contribution in [2.45, 2.75) is 12.1 Å². The van der Waals surface area contributed by atoms with Crippen LogP contribution in [-0.4, -0.2) is 31.9 Å². The van der Waals surface area contributed by atoms with E-state index in [0.717, 1.165) is 11.3 Å². The number of thioether (sulfide) groups is 1. The molecule has 0 saturated heterocycles. The Morgan fingerprint density at radius 3 is 2.75 bits per heavy atom. The molecular weight excluding hydrogens is 379 g/mol. The summed E-state index contributed by atoms with van der Waals surface area (Å²) in [6.45, 7) is 2.50. The Kier molecular flexibility index (Phi) is 5.12. The Morgan fingerprint density at radius 1 is 1.14 bits per heavy atom. The normalized spacial score (nSPS) is 11.1. The third-order valence-corrected chi connectivity index (χ3v) is 4.90. The van der Waals surface area contributed by atoms with Gasteiger partial charge in [-0.05, 0) is 48.9 Å². The van der Waals surface area contributed by atoms with Crippen LogP contribution in [0.25, 0.3) is 17.0 Å². The molecular formula is C20H17FN4O2S. The predicted molar refractivity (Wildman–Crippen MR) is 106 cm³/mol. The van der Waals surface area contributed by atoms with E-state index in [-0.39, 0.29) is 11.4 Å². The first-order valence-corrected chi connectivity index (χ1v) is 9.65. The number of aromatic nitrogens is 4. The highest BCUT2D eigenvalue weighted by Crippen LogP contribution is 2.22. The van der Waals surface area contributed by atoms with E-state index in [2.05, 4.69) is 15.1 Å². The largest absolute Gasteiger partial charge is 0.493 e. The summed E-state index contributed by atoms with van der Waals surface area (Å²) in [6, 6.07) is 15.2. The molecule has 0 saturated carbocycles. The zero-order chi connectivity index (χ0) is 19.5. The number of H-pyrrole nitrogens is 1. The maximum atomic E-state index is 13.2. The van der Waals surface area contributed by atoms with Gasteiger partial charge in [-0.1, -0.05) is 23.9 Å². The number of nitrogens with one attached hydrogen (secondary N) is 1. The first kappa shape index (κ1) is 18.2. The molecule has 0 bridgehead atoms. The van der Waals surface area contributed by atoms with Crippen molar-refractivity contribution in [2.75, 3.05) is 12.4 Å². The summed E-state index contributed by atoms with van der Waals surface area (Å²) in [5, 5.41) is 3.28. The Labute approximate surface area is 164 Å². The molecule has 0 amide bonds. The smallest absolute Gasteiger partial charge is 0.266 e. The van der Waals surface area contributed by atoms with Crippen molar-refractivity contribution >= 4 is 17.4 Å². The highest BCUT2D eigenvalue weighted by molar-refractivity contribution is 7.99. The van der Waals surface area contributed by atoms with Gasteiger partial charge in [0.25, 0.3) is 5.56 Å². The molecule has 4 rings (SSSR count). The number of ether oxygens (including phenoxy) is 1. The fourth-order valence-electron chi connectivity index (χ4n) is 2.71. The van der Waals surface area contributed by atoms with E-state index in [1.54, 1.807) is 16.6 Å². The van der Waals surface area contributed by atoms with Gasteiger partial charge in [-0.2, -0.15) is 0 Å². The third kappa shape index (κ3) is 4.07. The Bertz CT molecular complexity index is 1170. The molecule has 2 heterocycles.